The number of likely N-dealkylation sites (N-methyl/N-ethyl adjacent to an activating group) is 2. The van der Waals surface area contributed by atoms with E-state index in [0.717, 1.165) is 72.4 Å². The van der Waals surface area contributed by atoms with Gasteiger partial charge in [0.05, 0.1) is 11.6 Å². The van der Waals surface area contributed by atoms with E-state index < -0.39 is 0 Å². The van der Waals surface area contributed by atoms with Gasteiger partial charge in [-0.25, -0.2) is 0 Å². The molecular formula is C31H36Cl2N4. The number of rotatable bonds is 9. The monoisotopic (exact) mass is 534 g/mol. The lowest BCUT2D eigenvalue weighted by Crippen LogP contribution is -2.35. The van der Waals surface area contributed by atoms with Crippen molar-refractivity contribution in [3.63, 3.8) is 0 Å². The topological polar surface area (TPSA) is 33.5 Å². The zero-order chi connectivity index (χ0) is 26.4. The summed E-state index contributed by atoms with van der Waals surface area (Å²) in [6, 6.07) is 25.2. The normalized spacial score (nSPS) is 14.8. The average molecular weight is 536 g/mol. The number of halogens is 2. The van der Waals surface area contributed by atoms with Gasteiger partial charge in [0.15, 0.2) is 0 Å². The second-order valence-corrected chi connectivity index (χ2v) is 11.2. The first-order valence-electron chi connectivity index (χ1n) is 13.0. The maximum atomic E-state index is 9.75. The maximum absolute atomic E-state index is 9.75. The highest BCUT2D eigenvalue weighted by atomic mass is 35.5. The van der Waals surface area contributed by atoms with Crippen molar-refractivity contribution in [2.24, 2.45) is 5.92 Å². The van der Waals surface area contributed by atoms with Crippen LogP contribution in [-0.4, -0.2) is 57.1 Å². The van der Waals surface area contributed by atoms with E-state index in [4.69, 9.17) is 23.2 Å². The van der Waals surface area contributed by atoms with Crippen LogP contribution < -0.4 is 4.90 Å². The minimum Gasteiger partial charge on any atom is -0.373 e. The Bertz CT molecular complexity index is 1150. The van der Waals surface area contributed by atoms with E-state index in [1.165, 1.54) is 11.1 Å². The molecule has 4 rings (SSSR count). The molecule has 194 valence electrons. The summed E-state index contributed by atoms with van der Waals surface area (Å²) in [5, 5.41) is 11.3. The number of hydrogen-bond acceptors (Lipinski definition) is 4. The van der Waals surface area contributed by atoms with Gasteiger partial charge in [0.2, 0.25) is 0 Å². The molecule has 0 aliphatic carbocycles. The van der Waals surface area contributed by atoms with Crippen LogP contribution in [-0.2, 0) is 6.54 Å². The zero-order valence-corrected chi connectivity index (χ0v) is 23.5. The Morgan fingerprint density at radius 1 is 0.865 bits per heavy atom. The first-order valence-corrected chi connectivity index (χ1v) is 13.7. The number of likely N-dealkylation sites (tertiary alicyclic amines) is 1. The summed E-state index contributed by atoms with van der Waals surface area (Å²) >= 11 is 12.4. The highest BCUT2D eigenvalue weighted by Gasteiger charge is 2.29. The smallest absolute Gasteiger partial charge is 0.0995 e. The summed E-state index contributed by atoms with van der Waals surface area (Å²) < 4.78 is 0. The quantitative estimate of drug-likeness (QED) is 0.298. The Kier molecular flexibility index (Phi) is 9.51. The van der Waals surface area contributed by atoms with Crippen LogP contribution in [0.4, 0.5) is 5.69 Å². The number of anilines is 1. The zero-order valence-electron chi connectivity index (χ0n) is 22.0. The molecule has 0 aromatic heterocycles. The lowest BCUT2D eigenvalue weighted by molar-refractivity contribution is 0.168. The summed E-state index contributed by atoms with van der Waals surface area (Å²) in [6.07, 6.45) is 2.19. The van der Waals surface area contributed by atoms with Crippen molar-refractivity contribution < 1.29 is 0 Å². The van der Waals surface area contributed by atoms with E-state index in [1.807, 2.05) is 30.3 Å². The van der Waals surface area contributed by atoms with Crippen LogP contribution in [0.15, 0.2) is 66.7 Å². The minimum absolute atomic E-state index is 0.306. The van der Waals surface area contributed by atoms with E-state index in [2.05, 4.69) is 78.3 Å². The predicted octanol–water partition coefficient (Wildman–Crippen LogP) is 6.91. The average Bonchev–Trinajstić information content (AvgIpc) is 2.90. The van der Waals surface area contributed by atoms with Crippen LogP contribution in [0.1, 0.15) is 41.0 Å². The van der Waals surface area contributed by atoms with E-state index in [0.29, 0.717) is 11.8 Å². The molecule has 0 atom stereocenters. The van der Waals surface area contributed by atoms with Gasteiger partial charge in [-0.3, -0.25) is 4.90 Å². The van der Waals surface area contributed by atoms with Gasteiger partial charge in [-0.05, 0) is 105 Å². The third-order valence-electron chi connectivity index (χ3n) is 7.49. The van der Waals surface area contributed by atoms with Crippen molar-refractivity contribution in [3.8, 4) is 6.07 Å². The Morgan fingerprint density at radius 3 is 1.95 bits per heavy atom. The van der Waals surface area contributed by atoms with Crippen molar-refractivity contribution >= 4 is 28.9 Å². The molecule has 1 saturated heterocycles. The molecule has 37 heavy (non-hydrogen) atoms. The molecular weight excluding hydrogens is 499 g/mol. The number of hydrogen-bond donors (Lipinski definition) is 0. The molecule has 6 heteroatoms. The Hall–Kier alpha value is -2.55. The van der Waals surface area contributed by atoms with Crippen LogP contribution in [0.5, 0.6) is 0 Å². The Labute approximate surface area is 232 Å². The Balaban J connectivity index is 1.47. The van der Waals surface area contributed by atoms with Crippen LogP contribution >= 0.6 is 23.2 Å². The van der Waals surface area contributed by atoms with Crippen molar-refractivity contribution in [2.75, 3.05) is 52.2 Å². The molecule has 4 nitrogen and oxygen atoms in total. The summed E-state index contributed by atoms with van der Waals surface area (Å²) in [7, 11) is 6.30. The van der Waals surface area contributed by atoms with E-state index in [-0.39, 0.29) is 0 Å². The lowest BCUT2D eigenvalue weighted by atomic mass is 9.76. The SMILES string of the molecule is CN(C)CCN(C)c1ccc(C#N)c(CN2CCC(C(c3ccc(Cl)cc3)c3ccc(Cl)cc3)CC2)c1. The number of piperidine rings is 1. The van der Waals surface area contributed by atoms with E-state index in [1.54, 1.807) is 0 Å². The summed E-state index contributed by atoms with van der Waals surface area (Å²) in [4.78, 5) is 6.95. The minimum atomic E-state index is 0.306. The highest BCUT2D eigenvalue weighted by Crippen LogP contribution is 2.39. The number of benzene rings is 3. The fourth-order valence-corrected chi connectivity index (χ4v) is 5.55. The largest absolute Gasteiger partial charge is 0.373 e. The molecule has 1 heterocycles. The molecule has 0 spiro atoms. The summed E-state index contributed by atoms with van der Waals surface area (Å²) in [5.74, 6) is 0.831. The van der Waals surface area contributed by atoms with Crippen LogP contribution in [0.3, 0.4) is 0 Å². The molecule has 0 amide bonds. The molecule has 3 aromatic rings. The number of nitrogens with zero attached hydrogens (tertiary/aromatic N) is 4. The van der Waals surface area contributed by atoms with Crippen molar-refractivity contribution in [1.82, 2.24) is 9.80 Å². The molecule has 0 radical (unpaired) electrons. The third-order valence-corrected chi connectivity index (χ3v) is 7.99. The molecule has 0 N–H and O–H groups in total. The van der Waals surface area contributed by atoms with Gasteiger partial charge in [0, 0.05) is 48.3 Å². The van der Waals surface area contributed by atoms with Gasteiger partial charge in [0.25, 0.3) is 0 Å². The predicted molar refractivity (Wildman–Crippen MR) is 156 cm³/mol. The van der Waals surface area contributed by atoms with Gasteiger partial charge in [-0.2, -0.15) is 5.26 Å². The molecule has 1 aliphatic heterocycles. The van der Waals surface area contributed by atoms with Crippen LogP contribution in [0, 0.1) is 17.2 Å². The molecule has 1 aliphatic rings. The number of nitriles is 1. The molecule has 3 aromatic carbocycles. The van der Waals surface area contributed by atoms with Gasteiger partial charge < -0.3 is 9.80 Å². The summed E-state index contributed by atoms with van der Waals surface area (Å²) in [6.45, 7) is 4.75. The second-order valence-electron chi connectivity index (χ2n) is 10.4. The van der Waals surface area contributed by atoms with Crippen molar-refractivity contribution in [1.29, 1.82) is 5.26 Å². The molecule has 1 fully saturated rings. The van der Waals surface area contributed by atoms with Gasteiger partial charge in [-0.1, -0.05) is 47.5 Å². The third kappa shape index (κ3) is 7.27. The maximum Gasteiger partial charge on any atom is 0.0995 e. The first kappa shape index (κ1) is 27.5. The van der Waals surface area contributed by atoms with Crippen molar-refractivity contribution in [2.45, 2.75) is 25.3 Å². The van der Waals surface area contributed by atoms with Gasteiger partial charge in [-0.15, -0.1) is 0 Å². The highest BCUT2D eigenvalue weighted by molar-refractivity contribution is 6.30. The fourth-order valence-electron chi connectivity index (χ4n) is 5.30. The van der Waals surface area contributed by atoms with Gasteiger partial charge >= 0.3 is 0 Å². The van der Waals surface area contributed by atoms with Crippen molar-refractivity contribution in [3.05, 3.63) is 99.0 Å². The molecule has 0 bridgehead atoms. The van der Waals surface area contributed by atoms with Crippen LogP contribution in [0.25, 0.3) is 0 Å². The fraction of sp³-hybridized carbons (Fsp3) is 0.387. The second kappa shape index (κ2) is 12.8. The lowest BCUT2D eigenvalue weighted by Gasteiger charge is -2.37. The molecule has 0 unspecified atom stereocenters. The standard InChI is InChI=1S/C31H36Cl2N4/c1-35(2)18-19-36(3)30-13-8-26(21-34)27(20-30)22-37-16-14-25(15-17-37)31(23-4-9-28(32)10-5-23)24-6-11-29(33)12-7-24/h4-13,20,25,31H,14-19,22H2,1-3H3. The van der Waals surface area contributed by atoms with Crippen LogP contribution in [0.2, 0.25) is 10.0 Å². The summed E-state index contributed by atoms with van der Waals surface area (Å²) in [5.41, 5.74) is 5.64. The Morgan fingerprint density at radius 2 is 1.43 bits per heavy atom. The molecule has 0 saturated carbocycles. The van der Waals surface area contributed by atoms with Gasteiger partial charge in [0.1, 0.15) is 0 Å². The first-order chi connectivity index (χ1) is 17.8. The van der Waals surface area contributed by atoms with E-state index in [9.17, 15) is 5.26 Å². The van der Waals surface area contributed by atoms with E-state index >= 15 is 0 Å².